The summed E-state index contributed by atoms with van der Waals surface area (Å²) >= 11 is 0. The van der Waals surface area contributed by atoms with Crippen LogP contribution in [-0.4, -0.2) is 72.1 Å². The molecule has 0 radical (unpaired) electrons. The van der Waals surface area contributed by atoms with Crippen LogP contribution in [0, 0.1) is 11.8 Å². The van der Waals surface area contributed by atoms with Crippen molar-refractivity contribution in [2.45, 2.75) is 71.7 Å². The first-order valence-corrected chi connectivity index (χ1v) is 15.0. The fraction of sp³-hybridized carbons (Fsp3) is 0.455. The largest absolute Gasteiger partial charge is 0.445 e. The number of nitrogens with two attached hydrogens (primary N) is 1. The van der Waals surface area contributed by atoms with Gasteiger partial charge in [0.2, 0.25) is 23.5 Å². The normalized spacial score (nSPS) is 13.5. The van der Waals surface area contributed by atoms with Crippen LogP contribution >= 0.6 is 0 Å². The van der Waals surface area contributed by atoms with Crippen molar-refractivity contribution < 1.29 is 33.5 Å². The van der Waals surface area contributed by atoms with Gasteiger partial charge in [-0.2, -0.15) is 0 Å². The molecule has 244 valence electrons. The van der Waals surface area contributed by atoms with Crippen LogP contribution in [0.25, 0.3) is 0 Å². The van der Waals surface area contributed by atoms with Gasteiger partial charge < -0.3 is 31.3 Å². The molecule has 2 aromatic rings. The van der Waals surface area contributed by atoms with Crippen molar-refractivity contribution in [3.05, 3.63) is 71.8 Å². The first-order chi connectivity index (χ1) is 21.3. The highest BCUT2D eigenvalue weighted by Gasteiger charge is 2.34. The number of benzene rings is 2. The zero-order valence-electron chi connectivity index (χ0n) is 26.6. The molecular weight excluding hydrogens is 578 g/mol. The van der Waals surface area contributed by atoms with Crippen molar-refractivity contribution in [3.8, 4) is 0 Å². The van der Waals surface area contributed by atoms with Gasteiger partial charge in [0, 0.05) is 13.5 Å². The molecule has 45 heavy (non-hydrogen) atoms. The zero-order chi connectivity index (χ0) is 33.5. The van der Waals surface area contributed by atoms with Gasteiger partial charge in [-0.1, -0.05) is 94.8 Å². The van der Waals surface area contributed by atoms with Gasteiger partial charge in [-0.05, 0) is 29.4 Å². The molecule has 0 saturated heterocycles. The third-order valence-electron chi connectivity index (χ3n) is 7.41. The SMILES string of the molecule is CCC(C)C(NC(=O)C(CC(C)C)NC(=O)OCc1ccccc1)C(=O)C(=O)NCC(=O)N(C)C(Cc1ccccc1)C(N)=O. The van der Waals surface area contributed by atoms with Crippen LogP contribution in [0.3, 0.4) is 0 Å². The van der Waals surface area contributed by atoms with Gasteiger partial charge in [0.05, 0.1) is 12.6 Å². The Balaban J connectivity index is 2.04. The van der Waals surface area contributed by atoms with Crippen molar-refractivity contribution >= 4 is 35.5 Å². The van der Waals surface area contributed by atoms with E-state index in [9.17, 15) is 28.8 Å². The Labute approximate surface area is 264 Å². The number of rotatable bonds is 17. The second-order valence-corrected chi connectivity index (χ2v) is 11.4. The highest BCUT2D eigenvalue weighted by atomic mass is 16.5. The summed E-state index contributed by atoms with van der Waals surface area (Å²) in [6, 6.07) is 14.9. The predicted molar refractivity (Wildman–Crippen MR) is 168 cm³/mol. The molecule has 5 amide bonds. The molecule has 0 aromatic heterocycles. The minimum Gasteiger partial charge on any atom is -0.445 e. The molecule has 0 spiro atoms. The second kappa shape index (κ2) is 18.2. The van der Waals surface area contributed by atoms with Crippen LogP contribution in [0.5, 0.6) is 0 Å². The zero-order valence-corrected chi connectivity index (χ0v) is 26.6. The minimum absolute atomic E-state index is 0.00495. The first kappa shape index (κ1) is 36.5. The summed E-state index contributed by atoms with van der Waals surface area (Å²) in [5.41, 5.74) is 7.11. The first-order valence-electron chi connectivity index (χ1n) is 15.0. The molecule has 0 fully saturated rings. The lowest BCUT2D eigenvalue weighted by Gasteiger charge is -2.27. The second-order valence-electron chi connectivity index (χ2n) is 11.4. The quantitative estimate of drug-likeness (QED) is 0.195. The molecule has 0 aliphatic heterocycles. The maximum Gasteiger partial charge on any atom is 0.408 e. The van der Waals surface area contributed by atoms with Crippen molar-refractivity contribution in [1.82, 2.24) is 20.9 Å². The Morgan fingerprint density at radius 2 is 1.44 bits per heavy atom. The minimum atomic E-state index is -1.22. The van der Waals surface area contributed by atoms with E-state index in [1.54, 1.807) is 50.2 Å². The number of hydrogen-bond donors (Lipinski definition) is 4. The molecule has 0 bridgehead atoms. The molecule has 4 atom stereocenters. The number of alkyl carbamates (subject to hydrolysis) is 1. The Morgan fingerprint density at radius 3 is 1.98 bits per heavy atom. The summed E-state index contributed by atoms with van der Waals surface area (Å²) in [6.45, 7) is 6.70. The number of nitrogens with one attached hydrogen (secondary N) is 3. The van der Waals surface area contributed by atoms with Gasteiger partial charge >= 0.3 is 6.09 Å². The van der Waals surface area contributed by atoms with Gasteiger partial charge in [0.1, 0.15) is 18.7 Å². The van der Waals surface area contributed by atoms with Crippen LogP contribution in [-0.2, 0) is 41.7 Å². The molecule has 12 nitrogen and oxygen atoms in total. The summed E-state index contributed by atoms with van der Waals surface area (Å²) in [6.07, 6.45) is 0.0871. The molecule has 0 heterocycles. The van der Waals surface area contributed by atoms with Gasteiger partial charge in [-0.25, -0.2) is 4.79 Å². The summed E-state index contributed by atoms with van der Waals surface area (Å²) in [5, 5.41) is 7.50. The Kier molecular flexibility index (Phi) is 14.7. The molecule has 12 heteroatoms. The molecule has 0 saturated carbocycles. The van der Waals surface area contributed by atoms with Crippen molar-refractivity contribution in [2.24, 2.45) is 17.6 Å². The van der Waals surface area contributed by atoms with Gasteiger partial charge in [-0.15, -0.1) is 0 Å². The van der Waals surface area contributed by atoms with E-state index in [-0.39, 0.29) is 25.4 Å². The topological polar surface area (TPSA) is 177 Å². The monoisotopic (exact) mass is 623 g/mol. The number of ether oxygens (including phenoxy) is 1. The maximum absolute atomic E-state index is 13.3. The molecule has 5 N–H and O–H groups in total. The van der Waals surface area contributed by atoms with E-state index in [2.05, 4.69) is 16.0 Å². The molecule has 0 aliphatic carbocycles. The number of hydrogen-bond acceptors (Lipinski definition) is 7. The van der Waals surface area contributed by atoms with Gasteiger partial charge in [0.15, 0.2) is 0 Å². The van der Waals surface area contributed by atoms with Gasteiger partial charge in [0.25, 0.3) is 5.91 Å². The highest BCUT2D eigenvalue weighted by molar-refractivity contribution is 6.38. The van der Waals surface area contributed by atoms with Crippen LogP contribution in [0.1, 0.15) is 51.7 Å². The van der Waals surface area contributed by atoms with E-state index in [1.807, 2.05) is 38.1 Å². The van der Waals surface area contributed by atoms with E-state index < -0.39 is 66.1 Å². The number of amides is 5. The standard InChI is InChI=1S/C33H45N5O7/c1-6-22(4)28(37-31(42)25(17-21(2)3)36-33(44)45-20-24-15-11-8-12-16-24)29(40)32(43)35-19-27(39)38(5)26(30(34)41)18-23-13-9-7-10-14-23/h7-16,21-22,25-26,28H,6,17-20H2,1-5H3,(H2,34,41)(H,35,43)(H,36,44)(H,37,42). The van der Waals surface area contributed by atoms with E-state index in [4.69, 9.17) is 10.5 Å². The number of nitrogens with zero attached hydrogens (tertiary/aromatic N) is 1. The lowest BCUT2D eigenvalue weighted by molar-refractivity contribution is -0.143. The summed E-state index contributed by atoms with van der Waals surface area (Å²) in [7, 11) is 1.39. The maximum atomic E-state index is 13.3. The van der Waals surface area contributed by atoms with E-state index in [1.165, 1.54) is 7.05 Å². The fourth-order valence-corrected chi connectivity index (χ4v) is 4.51. The third kappa shape index (κ3) is 12.0. The average molecular weight is 624 g/mol. The average Bonchev–Trinajstić information content (AvgIpc) is 3.02. The van der Waals surface area contributed by atoms with Crippen LogP contribution in [0.2, 0.25) is 0 Å². The van der Waals surface area contributed by atoms with Gasteiger partial charge in [-0.3, -0.25) is 24.0 Å². The van der Waals surface area contributed by atoms with Crippen LogP contribution in [0.4, 0.5) is 4.79 Å². The fourth-order valence-electron chi connectivity index (χ4n) is 4.51. The lowest BCUT2D eigenvalue weighted by atomic mass is 9.94. The smallest absolute Gasteiger partial charge is 0.408 e. The molecule has 4 unspecified atom stereocenters. The Morgan fingerprint density at radius 1 is 0.867 bits per heavy atom. The van der Waals surface area contributed by atoms with Crippen LogP contribution in [0.15, 0.2) is 60.7 Å². The number of Topliss-reactive ketones (excluding diaryl/α,β-unsaturated/α-hetero) is 1. The van der Waals surface area contributed by atoms with Crippen LogP contribution < -0.4 is 21.7 Å². The van der Waals surface area contributed by atoms with E-state index in [0.717, 1.165) is 16.0 Å². The molecule has 0 aliphatic rings. The molecular formula is C33H45N5O7. The number of primary amides is 1. The van der Waals surface area contributed by atoms with E-state index in [0.29, 0.717) is 6.42 Å². The number of ketones is 1. The van der Waals surface area contributed by atoms with E-state index >= 15 is 0 Å². The number of carbonyl (C=O) groups is 6. The summed E-state index contributed by atoms with van der Waals surface area (Å²) in [4.78, 5) is 78.0. The third-order valence-corrected chi connectivity index (χ3v) is 7.41. The van der Waals surface area contributed by atoms with Crippen molar-refractivity contribution in [1.29, 1.82) is 0 Å². The Hall–Kier alpha value is -4.74. The van der Waals surface area contributed by atoms with Crippen molar-refractivity contribution in [2.75, 3.05) is 13.6 Å². The van der Waals surface area contributed by atoms with Crippen molar-refractivity contribution in [3.63, 3.8) is 0 Å². The number of likely N-dealkylation sites (N-methyl/N-ethyl adjacent to an activating group) is 1. The molecule has 2 aromatic carbocycles. The lowest BCUT2D eigenvalue weighted by Crippen LogP contribution is -2.57. The summed E-state index contributed by atoms with van der Waals surface area (Å²) < 4.78 is 5.26. The molecule has 2 rings (SSSR count). The summed E-state index contributed by atoms with van der Waals surface area (Å²) in [5.74, 6) is -4.45. The predicted octanol–water partition coefficient (Wildman–Crippen LogP) is 2.10. The highest BCUT2D eigenvalue weighted by Crippen LogP contribution is 2.13. The Bertz CT molecular complexity index is 1300. The number of carbonyl (C=O) groups excluding carboxylic acids is 6.